The van der Waals surface area contributed by atoms with Crippen molar-refractivity contribution in [2.75, 3.05) is 7.11 Å². The molecule has 5 rings (SSSR count). The van der Waals surface area contributed by atoms with E-state index in [-0.39, 0.29) is 23.4 Å². The molecular weight excluding hydrogens is 316 g/mol. The van der Waals surface area contributed by atoms with Crippen LogP contribution in [0.15, 0.2) is 16.5 Å². The van der Waals surface area contributed by atoms with Gasteiger partial charge in [0.15, 0.2) is 11.9 Å². The molecule has 0 saturated carbocycles. The molecule has 1 saturated heterocycles. The predicted molar refractivity (Wildman–Crippen MR) is 93.3 cm³/mol. The van der Waals surface area contributed by atoms with E-state index in [2.05, 4.69) is 26.0 Å². The number of epoxide rings is 1. The van der Waals surface area contributed by atoms with E-state index in [0.717, 1.165) is 24.0 Å². The normalized spacial score (nSPS) is 25.4. The van der Waals surface area contributed by atoms with Gasteiger partial charge in [-0.1, -0.05) is 26.0 Å². The first kappa shape index (κ1) is 15.2. The van der Waals surface area contributed by atoms with Gasteiger partial charge in [0.2, 0.25) is 0 Å². The number of furan rings is 1. The molecule has 2 aromatic rings. The van der Waals surface area contributed by atoms with Gasteiger partial charge in [0, 0.05) is 11.1 Å². The molecule has 0 radical (unpaired) electrons. The zero-order valence-corrected chi connectivity index (χ0v) is 15.1. The number of ketones is 1. The lowest BCUT2D eigenvalue weighted by atomic mass is 9.70. The lowest BCUT2D eigenvalue weighted by molar-refractivity contribution is 0.0953. The first-order valence-electron chi connectivity index (χ1n) is 8.97. The van der Waals surface area contributed by atoms with Gasteiger partial charge in [0.05, 0.1) is 12.7 Å². The maximum absolute atomic E-state index is 13.0. The van der Waals surface area contributed by atoms with Crippen LogP contribution in [0.2, 0.25) is 0 Å². The minimum Gasteiger partial charge on any atom is -0.468 e. The molecule has 2 heterocycles. The van der Waals surface area contributed by atoms with Crippen molar-refractivity contribution in [3.8, 4) is 17.3 Å². The third-order valence-corrected chi connectivity index (χ3v) is 6.13. The summed E-state index contributed by atoms with van der Waals surface area (Å²) in [5, 5.41) is 0. The van der Waals surface area contributed by atoms with Crippen LogP contribution < -0.4 is 4.74 Å². The van der Waals surface area contributed by atoms with E-state index in [1.807, 2.05) is 6.92 Å². The Kier molecular flexibility index (Phi) is 2.89. The molecule has 2 atom stereocenters. The van der Waals surface area contributed by atoms with E-state index < -0.39 is 0 Å². The maximum atomic E-state index is 13.0. The summed E-state index contributed by atoms with van der Waals surface area (Å²) in [5.74, 6) is 1.09. The van der Waals surface area contributed by atoms with Crippen LogP contribution in [0.1, 0.15) is 65.4 Å². The van der Waals surface area contributed by atoms with E-state index in [9.17, 15) is 4.79 Å². The van der Waals surface area contributed by atoms with Gasteiger partial charge >= 0.3 is 0 Å². The Morgan fingerprint density at radius 3 is 2.80 bits per heavy atom. The second-order valence-corrected chi connectivity index (χ2v) is 8.05. The van der Waals surface area contributed by atoms with Crippen LogP contribution in [-0.2, 0) is 16.6 Å². The maximum Gasteiger partial charge on any atom is 0.288 e. The minimum atomic E-state index is -0.377. The van der Waals surface area contributed by atoms with Crippen molar-refractivity contribution < 1.29 is 18.7 Å². The van der Waals surface area contributed by atoms with Gasteiger partial charge in [0.25, 0.3) is 5.95 Å². The largest absolute Gasteiger partial charge is 0.468 e. The Morgan fingerprint density at radius 1 is 1.24 bits per heavy atom. The molecule has 0 N–H and O–H groups in total. The number of benzene rings is 1. The molecule has 2 aliphatic carbocycles. The molecule has 25 heavy (non-hydrogen) atoms. The smallest absolute Gasteiger partial charge is 0.288 e. The highest BCUT2D eigenvalue weighted by molar-refractivity contribution is 6.09. The molecule has 0 amide bonds. The van der Waals surface area contributed by atoms with Crippen molar-refractivity contribution in [2.45, 2.75) is 57.7 Å². The predicted octanol–water partition coefficient (Wildman–Crippen LogP) is 4.51. The number of carbonyl (C=O) groups excluding carboxylic acids is 1. The summed E-state index contributed by atoms with van der Waals surface area (Å²) in [6.07, 6.45) is 2.88. The molecule has 0 spiro atoms. The summed E-state index contributed by atoms with van der Waals surface area (Å²) in [6.45, 7) is 6.48. The van der Waals surface area contributed by atoms with E-state index in [1.54, 1.807) is 7.11 Å². The summed E-state index contributed by atoms with van der Waals surface area (Å²) in [7, 11) is 1.57. The number of methoxy groups -OCH3 is 1. The molecule has 2 unspecified atom stereocenters. The Labute approximate surface area is 147 Å². The minimum absolute atomic E-state index is 0.0181. The topological polar surface area (TPSA) is 52.0 Å². The molecular formula is C21H22O4. The van der Waals surface area contributed by atoms with Gasteiger partial charge in [-0.15, -0.1) is 0 Å². The molecule has 1 aliphatic heterocycles. The van der Waals surface area contributed by atoms with Gasteiger partial charge in [-0.2, -0.15) is 0 Å². The fraction of sp³-hybridized carbons (Fsp3) is 0.476. The monoisotopic (exact) mass is 338 g/mol. The first-order valence-corrected chi connectivity index (χ1v) is 8.97. The van der Waals surface area contributed by atoms with Gasteiger partial charge in [-0.05, 0) is 48.3 Å². The summed E-state index contributed by atoms with van der Waals surface area (Å²) >= 11 is 0. The van der Waals surface area contributed by atoms with Crippen LogP contribution in [0.3, 0.4) is 0 Å². The molecule has 1 aromatic heterocycles. The Balaban J connectivity index is 1.82. The van der Waals surface area contributed by atoms with E-state index in [4.69, 9.17) is 13.9 Å². The van der Waals surface area contributed by atoms with Crippen LogP contribution in [0, 0.1) is 6.92 Å². The molecule has 1 fully saturated rings. The zero-order valence-electron chi connectivity index (χ0n) is 15.1. The number of carbonyl (C=O) groups is 1. The fourth-order valence-electron chi connectivity index (χ4n) is 4.78. The summed E-state index contributed by atoms with van der Waals surface area (Å²) in [5.41, 5.74) is 6.45. The number of hydrogen-bond donors (Lipinski definition) is 0. The zero-order chi connectivity index (χ0) is 17.5. The lowest BCUT2D eigenvalue weighted by Gasteiger charge is -2.34. The van der Waals surface area contributed by atoms with Crippen LogP contribution in [-0.4, -0.2) is 19.0 Å². The standard InChI is InChI=1S/C21H22O4/c1-10-14-16(22)19-18(24-19)15-11-6-5-9-21(2,3)13(11)8-7-12(15)17(14)25-20(10)23-4/h7-8,18-19H,5-6,9H2,1-4H3. The fourth-order valence-corrected chi connectivity index (χ4v) is 4.78. The Bertz CT molecular complexity index is 918. The van der Waals surface area contributed by atoms with Crippen LogP contribution in [0.5, 0.6) is 5.95 Å². The summed E-state index contributed by atoms with van der Waals surface area (Å²) < 4.78 is 17.2. The third-order valence-electron chi connectivity index (χ3n) is 6.13. The van der Waals surface area contributed by atoms with Crippen molar-refractivity contribution in [3.05, 3.63) is 39.9 Å². The molecule has 0 bridgehead atoms. The second kappa shape index (κ2) is 4.76. The van der Waals surface area contributed by atoms with Gasteiger partial charge in [-0.3, -0.25) is 4.79 Å². The number of hydrogen-bond acceptors (Lipinski definition) is 4. The van der Waals surface area contributed by atoms with Gasteiger partial charge in [0.1, 0.15) is 11.9 Å². The van der Waals surface area contributed by atoms with Crippen LogP contribution in [0.4, 0.5) is 0 Å². The number of rotatable bonds is 1. The van der Waals surface area contributed by atoms with Crippen molar-refractivity contribution >= 4 is 5.78 Å². The number of fused-ring (bicyclic) bond motifs is 7. The van der Waals surface area contributed by atoms with Crippen LogP contribution >= 0.6 is 0 Å². The quantitative estimate of drug-likeness (QED) is 0.718. The van der Waals surface area contributed by atoms with E-state index >= 15 is 0 Å². The number of ether oxygens (including phenoxy) is 2. The molecule has 4 nitrogen and oxygen atoms in total. The first-order chi connectivity index (χ1) is 11.9. The summed E-state index contributed by atoms with van der Waals surface area (Å²) in [4.78, 5) is 13.0. The molecule has 4 heteroatoms. The van der Waals surface area contributed by atoms with Crippen LogP contribution in [0.25, 0.3) is 11.3 Å². The highest BCUT2D eigenvalue weighted by atomic mass is 16.6. The second-order valence-electron chi connectivity index (χ2n) is 8.05. The third kappa shape index (κ3) is 1.89. The van der Waals surface area contributed by atoms with Crippen molar-refractivity contribution in [1.29, 1.82) is 0 Å². The Morgan fingerprint density at radius 2 is 2.04 bits per heavy atom. The molecule has 1 aromatic carbocycles. The van der Waals surface area contributed by atoms with Crippen molar-refractivity contribution in [3.63, 3.8) is 0 Å². The highest BCUT2D eigenvalue weighted by Gasteiger charge is 2.53. The van der Waals surface area contributed by atoms with Gasteiger partial charge < -0.3 is 13.9 Å². The lowest BCUT2D eigenvalue weighted by Crippen LogP contribution is -2.25. The highest BCUT2D eigenvalue weighted by Crippen LogP contribution is 2.55. The average molecular weight is 338 g/mol. The van der Waals surface area contributed by atoms with E-state index in [1.165, 1.54) is 23.1 Å². The van der Waals surface area contributed by atoms with E-state index in [0.29, 0.717) is 17.3 Å². The number of Topliss-reactive ketones (excluding diaryl/α,β-unsaturated/α-hetero) is 1. The molecule has 3 aliphatic rings. The van der Waals surface area contributed by atoms with Gasteiger partial charge in [-0.25, -0.2) is 0 Å². The molecule has 130 valence electrons. The van der Waals surface area contributed by atoms with Crippen molar-refractivity contribution in [2.24, 2.45) is 0 Å². The Hall–Kier alpha value is -2.07. The summed E-state index contributed by atoms with van der Waals surface area (Å²) in [6, 6.07) is 4.33. The average Bonchev–Trinajstić information content (AvgIpc) is 3.30. The van der Waals surface area contributed by atoms with Crippen molar-refractivity contribution in [1.82, 2.24) is 0 Å². The SMILES string of the molecule is COc1oc2c(c1C)C(=O)C1OC1c1c-2ccc2c1CCCC2(C)C.